The van der Waals surface area contributed by atoms with Crippen LogP contribution in [-0.4, -0.2) is 23.7 Å². The molecular weight excluding hydrogens is 221 g/mol. The number of carboxylic acid groups (broad SMARTS) is 1. The van der Waals surface area contributed by atoms with Crippen molar-refractivity contribution in [1.82, 2.24) is 5.32 Å². The van der Waals surface area contributed by atoms with Crippen molar-refractivity contribution in [3.8, 4) is 0 Å². The van der Waals surface area contributed by atoms with Gasteiger partial charge in [0.1, 0.15) is 5.82 Å². The number of hydrogen-bond donors (Lipinski definition) is 2. The fraction of sp³-hybridized carbons (Fsp3) is 0.462. The largest absolute Gasteiger partial charge is 0.481 e. The Morgan fingerprint density at radius 2 is 2.18 bits per heavy atom. The third-order valence-electron chi connectivity index (χ3n) is 2.91. The van der Waals surface area contributed by atoms with Crippen molar-refractivity contribution in [3.63, 3.8) is 0 Å². The van der Waals surface area contributed by atoms with Crippen molar-refractivity contribution in [3.05, 3.63) is 35.6 Å². The van der Waals surface area contributed by atoms with Gasteiger partial charge in [-0.2, -0.15) is 0 Å². The first-order valence-corrected chi connectivity index (χ1v) is 5.71. The molecule has 0 radical (unpaired) electrons. The first-order chi connectivity index (χ1) is 8.00. The Balaban J connectivity index is 2.35. The van der Waals surface area contributed by atoms with Crippen molar-refractivity contribution < 1.29 is 14.3 Å². The van der Waals surface area contributed by atoms with Crippen LogP contribution in [0.5, 0.6) is 0 Å². The first kappa shape index (κ1) is 13.6. The second-order valence-electron chi connectivity index (χ2n) is 4.25. The SMILES string of the molecule is CC(NCCc1cccc(F)c1)C(C)C(=O)O. The van der Waals surface area contributed by atoms with Gasteiger partial charge in [-0.25, -0.2) is 4.39 Å². The van der Waals surface area contributed by atoms with Crippen LogP contribution in [0.4, 0.5) is 4.39 Å². The number of carbonyl (C=O) groups is 1. The number of hydrogen-bond acceptors (Lipinski definition) is 2. The Morgan fingerprint density at radius 3 is 2.76 bits per heavy atom. The number of aliphatic carboxylic acids is 1. The van der Waals surface area contributed by atoms with Gasteiger partial charge in [-0.15, -0.1) is 0 Å². The normalized spacial score (nSPS) is 14.3. The molecule has 0 bridgehead atoms. The zero-order valence-corrected chi connectivity index (χ0v) is 10.1. The number of carboxylic acids is 1. The van der Waals surface area contributed by atoms with Gasteiger partial charge in [0.05, 0.1) is 5.92 Å². The minimum atomic E-state index is -0.809. The fourth-order valence-electron chi connectivity index (χ4n) is 1.53. The molecule has 1 rings (SSSR count). The molecule has 4 heteroatoms. The molecule has 0 amide bonds. The van der Waals surface area contributed by atoms with Crippen LogP contribution in [0.15, 0.2) is 24.3 Å². The Labute approximate surface area is 101 Å². The van der Waals surface area contributed by atoms with Crippen LogP contribution in [0.1, 0.15) is 19.4 Å². The van der Waals surface area contributed by atoms with Crippen molar-refractivity contribution in [2.24, 2.45) is 5.92 Å². The predicted molar refractivity (Wildman–Crippen MR) is 64.4 cm³/mol. The van der Waals surface area contributed by atoms with Gasteiger partial charge in [-0.1, -0.05) is 19.1 Å². The van der Waals surface area contributed by atoms with E-state index < -0.39 is 11.9 Å². The third kappa shape index (κ3) is 4.53. The lowest BCUT2D eigenvalue weighted by Crippen LogP contribution is -2.37. The predicted octanol–water partition coefficient (Wildman–Crippen LogP) is 2.07. The topological polar surface area (TPSA) is 49.3 Å². The number of nitrogens with one attached hydrogen (secondary N) is 1. The van der Waals surface area contributed by atoms with E-state index in [0.717, 1.165) is 5.56 Å². The highest BCUT2D eigenvalue weighted by Crippen LogP contribution is 2.05. The van der Waals surface area contributed by atoms with E-state index in [-0.39, 0.29) is 11.9 Å². The molecule has 0 fully saturated rings. The van der Waals surface area contributed by atoms with E-state index in [0.29, 0.717) is 13.0 Å². The van der Waals surface area contributed by atoms with Crippen molar-refractivity contribution >= 4 is 5.97 Å². The van der Waals surface area contributed by atoms with E-state index in [1.165, 1.54) is 12.1 Å². The number of rotatable bonds is 6. The molecule has 94 valence electrons. The van der Waals surface area contributed by atoms with Gasteiger partial charge in [-0.3, -0.25) is 4.79 Å². The highest BCUT2D eigenvalue weighted by Gasteiger charge is 2.18. The molecule has 0 saturated carbocycles. The van der Waals surface area contributed by atoms with Crippen LogP contribution in [0.2, 0.25) is 0 Å². The molecule has 1 aromatic carbocycles. The Bertz CT molecular complexity index is 381. The van der Waals surface area contributed by atoms with Crippen molar-refractivity contribution in [2.45, 2.75) is 26.3 Å². The van der Waals surface area contributed by atoms with Gasteiger partial charge in [0.25, 0.3) is 0 Å². The number of halogens is 1. The van der Waals surface area contributed by atoms with Crippen molar-refractivity contribution in [2.75, 3.05) is 6.54 Å². The van der Waals surface area contributed by atoms with Gasteiger partial charge in [-0.05, 0) is 37.6 Å². The molecule has 0 aliphatic rings. The van der Waals surface area contributed by atoms with E-state index in [9.17, 15) is 9.18 Å². The van der Waals surface area contributed by atoms with E-state index in [1.54, 1.807) is 13.0 Å². The molecule has 1 aromatic rings. The van der Waals surface area contributed by atoms with Gasteiger partial charge in [0.2, 0.25) is 0 Å². The molecule has 0 aliphatic carbocycles. The smallest absolute Gasteiger partial charge is 0.307 e. The maximum absolute atomic E-state index is 12.9. The lowest BCUT2D eigenvalue weighted by atomic mass is 10.0. The maximum atomic E-state index is 12.9. The van der Waals surface area contributed by atoms with Gasteiger partial charge in [0.15, 0.2) is 0 Å². The zero-order valence-electron chi connectivity index (χ0n) is 10.1. The summed E-state index contributed by atoms with van der Waals surface area (Å²) in [6, 6.07) is 6.34. The zero-order chi connectivity index (χ0) is 12.8. The number of benzene rings is 1. The van der Waals surface area contributed by atoms with Gasteiger partial charge < -0.3 is 10.4 Å². The van der Waals surface area contributed by atoms with Gasteiger partial charge >= 0.3 is 5.97 Å². The monoisotopic (exact) mass is 239 g/mol. The molecule has 0 aliphatic heterocycles. The standard InChI is InChI=1S/C13H18FNO2/c1-9(13(16)17)10(2)15-7-6-11-4-3-5-12(14)8-11/h3-5,8-10,15H,6-7H2,1-2H3,(H,16,17). The summed E-state index contributed by atoms with van der Waals surface area (Å²) in [5.41, 5.74) is 0.910. The molecule has 2 N–H and O–H groups in total. The molecule has 0 aromatic heterocycles. The molecule has 0 saturated heterocycles. The fourth-order valence-corrected chi connectivity index (χ4v) is 1.53. The highest BCUT2D eigenvalue weighted by molar-refractivity contribution is 5.70. The molecule has 0 spiro atoms. The molecule has 2 atom stereocenters. The lowest BCUT2D eigenvalue weighted by Gasteiger charge is -2.17. The van der Waals surface area contributed by atoms with Crippen LogP contribution in [0, 0.1) is 11.7 Å². The van der Waals surface area contributed by atoms with Gasteiger partial charge in [0, 0.05) is 6.04 Å². The van der Waals surface area contributed by atoms with Crippen LogP contribution < -0.4 is 5.32 Å². The Kier molecular flexibility index (Phi) is 5.10. The second-order valence-corrected chi connectivity index (χ2v) is 4.25. The van der Waals surface area contributed by atoms with E-state index >= 15 is 0 Å². The molecule has 3 nitrogen and oxygen atoms in total. The average molecular weight is 239 g/mol. The Morgan fingerprint density at radius 1 is 1.47 bits per heavy atom. The summed E-state index contributed by atoms with van der Waals surface area (Å²) in [5, 5.41) is 11.9. The molecule has 0 heterocycles. The highest BCUT2D eigenvalue weighted by atomic mass is 19.1. The lowest BCUT2D eigenvalue weighted by molar-refractivity contribution is -0.141. The van der Waals surface area contributed by atoms with Crippen LogP contribution in [0.3, 0.4) is 0 Å². The summed E-state index contributed by atoms with van der Waals surface area (Å²) in [5.74, 6) is -1.48. The van der Waals surface area contributed by atoms with E-state index in [2.05, 4.69) is 5.32 Å². The maximum Gasteiger partial charge on any atom is 0.307 e. The average Bonchev–Trinajstić information content (AvgIpc) is 2.27. The molecule has 17 heavy (non-hydrogen) atoms. The Hall–Kier alpha value is -1.42. The summed E-state index contributed by atoms with van der Waals surface area (Å²) in [7, 11) is 0. The second kappa shape index (κ2) is 6.35. The summed E-state index contributed by atoms with van der Waals surface area (Å²) >= 11 is 0. The van der Waals surface area contributed by atoms with Crippen LogP contribution in [-0.2, 0) is 11.2 Å². The molecule has 2 unspecified atom stereocenters. The van der Waals surface area contributed by atoms with Crippen LogP contribution in [0.25, 0.3) is 0 Å². The summed E-state index contributed by atoms with van der Waals surface area (Å²) < 4.78 is 12.9. The van der Waals surface area contributed by atoms with Crippen molar-refractivity contribution in [1.29, 1.82) is 0 Å². The molecular formula is C13H18FNO2. The van der Waals surface area contributed by atoms with E-state index in [4.69, 9.17) is 5.11 Å². The summed E-state index contributed by atoms with van der Waals surface area (Å²) in [4.78, 5) is 10.7. The minimum Gasteiger partial charge on any atom is -0.481 e. The third-order valence-corrected chi connectivity index (χ3v) is 2.91. The summed E-state index contributed by atoms with van der Waals surface area (Å²) in [6.45, 7) is 4.15. The van der Waals surface area contributed by atoms with Crippen LogP contribution >= 0.6 is 0 Å². The first-order valence-electron chi connectivity index (χ1n) is 5.71. The summed E-state index contributed by atoms with van der Waals surface area (Å²) in [6.07, 6.45) is 0.689. The quantitative estimate of drug-likeness (QED) is 0.799. The van der Waals surface area contributed by atoms with E-state index in [1.807, 2.05) is 13.0 Å². The minimum absolute atomic E-state index is 0.0962.